The molecule has 1 aliphatic heterocycles. The van der Waals surface area contributed by atoms with Gasteiger partial charge in [-0.3, -0.25) is 4.90 Å². The number of ether oxygens (including phenoxy) is 3. The molecule has 3 rings (SSSR count). The van der Waals surface area contributed by atoms with Crippen LogP contribution in [0, 0.1) is 5.95 Å². The van der Waals surface area contributed by atoms with E-state index in [0.29, 0.717) is 49.7 Å². The molecule has 0 spiro atoms. The van der Waals surface area contributed by atoms with Gasteiger partial charge >= 0.3 is 0 Å². The number of pyridine rings is 1. The first-order chi connectivity index (χ1) is 13.0. The van der Waals surface area contributed by atoms with Crippen LogP contribution in [0.5, 0.6) is 17.2 Å². The SMILES string of the molecule is COc1ccc(CN2CCC(O)(c3cccnc3F)CC2)c(OC)c1OC. The van der Waals surface area contributed by atoms with Crippen LogP contribution in [-0.2, 0) is 12.1 Å². The molecule has 1 aliphatic rings. The predicted octanol–water partition coefficient (Wildman–Crippen LogP) is 2.73. The van der Waals surface area contributed by atoms with Crippen LogP contribution in [0.1, 0.15) is 24.0 Å². The minimum Gasteiger partial charge on any atom is -0.493 e. The summed E-state index contributed by atoms with van der Waals surface area (Å²) in [6.07, 6.45) is 2.26. The molecule has 146 valence electrons. The maximum atomic E-state index is 14.0. The molecule has 0 radical (unpaired) electrons. The quantitative estimate of drug-likeness (QED) is 0.782. The van der Waals surface area contributed by atoms with Crippen molar-refractivity contribution in [1.29, 1.82) is 0 Å². The Kier molecular flexibility index (Phi) is 5.82. The number of benzene rings is 1. The van der Waals surface area contributed by atoms with Crippen molar-refractivity contribution in [2.45, 2.75) is 25.0 Å². The Bertz CT molecular complexity index is 792. The second-order valence-electron chi connectivity index (χ2n) is 6.64. The van der Waals surface area contributed by atoms with Crippen molar-refractivity contribution in [3.8, 4) is 17.2 Å². The van der Waals surface area contributed by atoms with Crippen LogP contribution in [0.3, 0.4) is 0 Å². The largest absolute Gasteiger partial charge is 0.493 e. The number of aromatic nitrogens is 1. The van der Waals surface area contributed by atoms with Crippen LogP contribution in [0.2, 0.25) is 0 Å². The van der Waals surface area contributed by atoms with Crippen molar-refractivity contribution in [2.75, 3.05) is 34.4 Å². The van der Waals surface area contributed by atoms with Gasteiger partial charge < -0.3 is 19.3 Å². The van der Waals surface area contributed by atoms with E-state index in [1.165, 1.54) is 6.20 Å². The molecule has 0 aliphatic carbocycles. The number of hydrogen-bond acceptors (Lipinski definition) is 6. The molecule has 1 N–H and O–H groups in total. The number of likely N-dealkylation sites (tertiary alicyclic amines) is 1. The standard InChI is InChI=1S/C20H25FN2O4/c1-25-16-7-6-14(17(26-2)18(16)27-3)13-23-11-8-20(24,9-12-23)15-5-4-10-22-19(15)21/h4-7,10,24H,8-9,11-13H2,1-3H3. The van der Waals surface area contributed by atoms with Gasteiger partial charge in [-0.05, 0) is 25.0 Å². The normalized spacial score (nSPS) is 16.8. The molecular weight excluding hydrogens is 351 g/mol. The summed E-state index contributed by atoms with van der Waals surface area (Å²) in [7, 11) is 4.76. The second-order valence-corrected chi connectivity index (χ2v) is 6.64. The van der Waals surface area contributed by atoms with Crippen LogP contribution < -0.4 is 14.2 Å². The predicted molar refractivity (Wildman–Crippen MR) is 98.7 cm³/mol. The summed E-state index contributed by atoms with van der Waals surface area (Å²) in [5.74, 6) is 1.20. The van der Waals surface area contributed by atoms with E-state index in [9.17, 15) is 9.50 Å². The van der Waals surface area contributed by atoms with E-state index in [0.717, 1.165) is 5.56 Å². The van der Waals surface area contributed by atoms with Crippen LogP contribution in [0.4, 0.5) is 4.39 Å². The fraction of sp³-hybridized carbons (Fsp3) is 0.450. The third kappa shape index (κ3) is 3.84. The van der Waals surface area contributed by atoms with Crippen molar-refractivity contribution in [1.82, 2.24) is 9.88 Å². The number of methoxy groups -OCH3 is 3. The lowest BCUT2D eigenvalue weighted by atomic mass is 9.85. The van der Waals surface area contributed by atoms with Gasteiger partial charge in [0.25, 0.3) is 0 Å². The van der Waals surface area contributed by atoms with E-state index in [4.69, 9.17) is 14.2 Å². The van der Waals surface area contributed by atoms with E-state index in [-0.39, 0.29) is 5.56 Å². The molecule has 7 heteroatoms. The molecule has 0 unspecified atom stereocenters. The fourth-order valence-corrected chi connectivity index (χ4v) is 3.61. The monoisotopic (exact) mass is 376 g/mol. The molecular formula is C20H25FN2O4. The zero-order valence-electron chi connectivity index (χ0n) is 15.9. The summed E-state index contributed by atoms with van der Waals surface area (Å²) in [6, 6.07) is 7.05. The van der Waals surface area contributed by atoms with Gasteiger partial charge in [0.05, 0.1) is 26.9 Å². The maximum absolute atomic E-state index is 14.0. The highest BCUT2D eigenvalue weighted by Gasteiger charge is 2.36. The summed E-state index contributed by atoms with van der Waals surface area (Å²) in [6.45, 7) is 1.89. The molecule has 0 saturated carbocycles. The number of rotatable bonds is 6. The Hall–Kier alpha value is -2.38. The Labute approximate surface area is 158 Å². The molecule has 2 aromatic rings. The lowest BCUT2D eigenvalue weighted by Crippen LogP contribution is -2.42. The third-order valence-electron chi connectivity index (χ3n) is 5.12. The van der Waals surface area contributed by atoms with E-state index in [1.807, 2.05) is 12.1 Å². The number of aliphatic hydroxyl groups is 1. The fourth-order valence-electron chi connectivity index (χ4n) is 3.61. The van der Waals surface area contributed by atoms with Crippen molar-refractivity contribution in [3.05, 3.63) is 47.5 Å². The van der Waals surface area contributed by atoms with Crippen molar-refractivity contribution < 1.29 is 23.7 Å². The van der Waals surface area contributed by atoms with Crippen LogP contribution >= 0.6 is 0 Å². The topological polar surface area (TPSA) is 64.1 Å². The lowest BCUT2D eigenvalue weighted by molar-refractivity contribution is -0.0309. The summed E-state index contributed by atoms with van der Waals surface area (Å²) in [5.41, 5.74) is 0.0535. The average Bonchev–Trinajstić information content (AvgIpc) is 2.69. The lowest BCUT2D eigenvalue weighted by Gasteiger charge is -2.38. The van der Waals surface area contributed by atoms with Gasteiger partial charge in [-0.1, -0.05) is 12.1 Å². The minimum atomic E-state index is -1.18. The summed E-state index contributed by atoms with van der Waals surface area (Å²) in [4.78, 5) is 5.86. The number of piperidine rings is 1. The first-order valence-electron chi connectivity index (χ1n) is 8.86. The van der Waals surface area contributed by atoms with Crippen LogP contribution in [-0.4, -0.2) is 49.4 Å². The average molecular weight is 376 g/mol. The molecule has 0 atom stereocenters. The maximum Gasteiger partial charge on any atom is 0.218 e. The van der Waals surface area contributed by atoms with Crippen molar-refractivity contribution in [2.24, 2.45) is 0 Å². The molecule has 0 bridgehead atoms. The highest BCUT2D eigenvalue weighted by molar-refractivity contribution is 5.55. The van der Waals surface area contributed by atoms with E-state index >= 15 is 0 Å². The Balaban J connectivity index is 1.74. The van der Waals surface area contributed by atoms with E-state index in [2.05, 4.69) is 9.88 Å². The Morgan fingerprint density at radius 1 is 1.07 bits per heavy atom. The van der Waals surface area contributed by atoms with Crippen LogP contribution in [0.15, 0.2) is 30.5 Å². The first kappa shape index (κ1) is 19.4. The summed E-state index contributed by atoms with van der Waals surface area (Å²) >= 11 is 0. The zero-order valence-corrected chi connectivity index (χ0v) is 15.9. The molecule has 1 saturated heterocycles. The summed E-state index contributed by atoms with van der Waals surface area (Å²) in [5, 5.41) is 10.9. The van der Waals surface area contributed by atoms with Gasteiger partial charge in [-0.2, -0.15) is 4.39 Å². The highest BCUT2D eigenvalue weighted by Crippen LogP contribution is 2.41. The molecule has 2 heterocycles. The molecule has 0 amide bonds. The second kappa shape index (κ2) is 8.10. The molecule has 1 aromatic carbocycles. The molecule has 1 fully saturated rings. The van der Waals surface area contributed by atoms with Gasteiger partial charge in [0.1, 0.15) is 0 Å². The molecule has 6 nitrogen and oxygen atoms in total. The van der Waals surface area contributed by atoms with Gasteiger partial charge in [-0.25, -0.2) is 4.98 Å². The zero-order chi connectivity index (χ0) is 19.4. The third-order valence-corrected chi connectivity index (χ3v) is 5.12. The number of nitrogens with zero attached hydrogens (tertiary/aromatic N) is 2. The Morgan fingerprint density at radius 3 is 2.37 bits per heavy atom. The highest BCUT2D eigenvalue weighted by atomic mass is 19.1. The number of hydrogen-bond donors (Lipinski definition) is 1. The summed E-state index contributed by atoms with van der Waals surface area (Å²) < 4.78 is 30.3. The Morgan fingerprint density at radius 2 is 1.78 bits per heavy atom. The molecule has 27 heavy (non-hydrogen) atoms. The smallest absolute Gasteiger partial charge is 0.218 e. The van der Waals surface area contributed by atoms with Crippen molar-refractivity contribution >= 4 is 0 Å². The van der Waals surface area contributed by atoms with Crippen LogP contribution in [0.25, 0.3) is 0 Å². The van der Waals surface area contributed by atoms with E-state index in [1.54, 1.807) is 33.5 Å². The van der Waals surface area contributed by atoms with Gasteiger partial charge in [-0.15, -0.1) is 0 Å². The molecule has 1 aromatic heterocycles. The van der Waals surface area contributed by atoms with Gasteiger partial charge in [0.2, 0.25) is 11.7 Å². The van der Waals surface area contributed by atoms with Gasteiger partial charge in [0, 0.05) is 37.0 Å². The van der Waals surface area contributed by atoms with Gasteiger partial charge in [0.15, 0.2) is 11.5 Å². The number of halogens is 1. The minimum absolute atomic E-state index is 0.272. The first-order valence-corrected chi connectivity index (χ1v) is 8.86. The van der Waals surface area contributed by atoms with E-state index < -0.39 is 11.5 Å². The van der Waals surface area contributed by atoms with Crippen molar-refractivity contribution in [3.63, 3.8) is 0 Å².